The van der Waals surface area contributed by atoms with Gasteiger partial charge in [-0.1, -0.05) is 12.2 Å². The van der Waals surface area contributed by atoms with Gasteiger partial charge in [0.25, 0.3) is 11.8 Å². The van der Waals surface area contributed by atoms with Crippen molar-refractivity contribution in [3.8, 4) is 0 Å². The van der Waals surface area contributed by atoms with E-state index in [-0.39, 0.29) is 43.1 Å². The summed E-state index contributed by atoms with van der Waals surface area (Å²) in [4.78, 5) is 82.1. The molecule has 2 aromatic rings. The summed E-state index contributed by atoms with van der Waals surface area (Å²) in [5.41, 5.74) is 10.4. The summed E-state index contributed by atoms with van der Waals surface area (Å²) in [7, 11) is 0. The van der Waals surface area contributed by atoms with E-state index in [1.54, 1.807) is 18.2 Å². The number of rotatable bonds is 17. The van der Waals surface area contributed by atoms with Crippen molar-refractivity contribution >= 4 is 52.7 Å². The molecule has 0 bridgehead atoms. The number of nitrogens with two attached hydrogens (primary N) is 1. The van der Waals surface area contributed by atoms with E-state index >= 15 is 0 Å². The lowest BCUT2D eigenvalue weighted by Gasteiger charge is -2.36. The molecule has 8 N–H and O–H groups in total. The number of imide groups is 2. The van der Waals surface area contributed by atoms with E-state index < -0.39 is 53.1 Å². The van der Waals surface area contributed by atoms with E-state index in [1.807, 2.05) is 24.3 Å². The van der Waals surface area contributed by atoms with E-state index in [0.717, 1.165) is 29.5 Å². The minimum Gasteiger partial charge on any atom is -0.398 e. The zero-order valence-electron chi connectivity index (χ0n) is 38.3. The maximum atomic E-state index is 13.9. The molecule has 4 fully saturated rings. The van der Waals surface area contributed by atoms with Gasteiger partial charge in [-0.15, -0.1) is 0 Å². The van der Waals surface area contributed by atoms with Crippen LogP contribution in [-0.4, -0.2) is 135 Å². The number of fused-ring (bicyclic) bond motifs is 1. The summed E-state index contributed by atoms with van der Waals surface area (Å²) >= 11 is 0. The standard InChI is InChI=1S/C49H58F2N10O8/c50-31-22-30(23-32(51)25-31)21-29-1-6-40(52)39(24-29)45(53)58-46(64)37-5-3-35(27-41(37)56-33-9-17-68-18-10-33)60-15-13-59(14-16-60)28-44(63)55-12-20-69-19-11-54-34-2-4-36-38(26-34)49(67)61(48(36)66)42-7-8-43(62)57-47(42)65/h1-3,5-6,22-23,25-27,29,33,36,42,54,56H,4,7-21,24,28,52H2,(H,55,63)(H2,53,58,64)(H,57,62,65). The smallest absolute Gasteiger partial charge is 0.258 e. The maximum absolute atomic E-state index is 13.9. The molecule has 4 saturated heterocycles. The summed E-state index contributed by atoms with van der Waals surface area (Å²) in [6.45, 7) is 5.36. The van der Waals surface area contributed by atoms with Crippen molar-refractivity contribution in [2.75, 3.05) is 82.5 Å². The summed E-state index contributed by atoms with van der Waals surface area (Å²) in [6.07, 6.45) is 9.63. The fourth-order valence-corrected chi connectivity index (χ4v) is 9.52. The number of amidine groups is 1. The Morgan fingerprint density at radius 1 is 0.957 bits per heavy atom. The zero-order valence-corrected chi connectivity index (χ0v) is 38.3. The van der Waals surface area contributed by atoms with Crippen LogP contribution in [0.25, 0.3) is 0 Å². The van der Waals surface area contributed by atoms with Crippen LogP contribution in [-0.2, 0) is 39.9 Å². The Bertz CT molecular complexity index is 2480. The van der Waals surface area contributed by atoms with Crippen molar-refractivity contribution < 1.29 is 47.0 Å². The lowest BCUT2D eigenvalue weighted by atomic mass is 9.87. The first-order chi connectivity index (χ1) is 33.3. The number of allylic oxidation sites excluding steroid dienone is 4. The average molecular weight is 953 g/mol. The van der Waals surface area contributed by atoms with Gasteiger partial charge >= 0.3 is 0 Å². The van der Waals surface area contributed by atoms with Crippen LogP contribution in [0.5, 0.6) is 0 Å². The average Bonchev–Trinajstić information content (AvgIpc) is 3.56. The van der Waals surface area contributed by atoms with Crippen molar-refractivity contribution in [2.45, 2.75) is 57.0 Å². The normalized spacial score (nSPS) is 22.2. The first kappa shape index (κ1) is 48.7. The van der Waals surface area contributed by atoms with Gasteiger partial charge < -0.3 is 41.4 Å². The molecule has 0 spiro atoms. The molecule has 8 rings (SSSR count). The van der Waals surface area contributed by atoms with Gasteiger partial charge in [0.1, 0.15) is 23.5 Å². The number of benzene rings is 2. The van der Waals surface area contributed by atoms with Crippen LogP contribution in [0.2, 0.25) is 0 Å². The van der Waals surface area contributed by atoms with Gasteiger partial charge in [-0.05, 0) is 92.5 Å². The van der Waals surface area contributed by atoms with Crippen LogP contribution in [0.15, 0.2) is 83.2 Å². The number of carbonyl (C=O) groups is 6. The molecule has 366 valence electrons. The number of halogens is 2. The Labute approximate surface area is 398 Å². The highest BCUT2D eigenvalue weighted by atomic mass is 19.1. The number of hydrogen-bond acceptors (Lipinski definition) is 14. The molecule has 3 atom stereocenters. The highest BCUT2D eigenvalue weighted by molar-refractivity contribution is 6.18. The first-order valence-electron chi connectivity index (χ1n) is 23.5. The number of likely N-dealkylation sites (tertiary alicyclic amines) is 1. The highest BCUT2D eigenvalue weighted by Gasteiger charge is 2.49. The number of hydrogen-bond donors (Lipinski definition) is 7. The molecule has 69 heavy (non-hydrogen) atoms. The molecule has 20 heteroatoms. The monoisotopic (exact) mass is 952 g/mol. The van der Waals surface area contributed by atoms with E-state index in [9.17, 15) is 37.5 Å². The molecule has 0 saturated carbocycles. The van der Waals surface area contributed by atoms with Crippen LogP contribution in [0.1, 0.15) is 54.4 Å². The summed E-state index contributed by atoms with van der Waals surface area (Å²) < 4.78 is 39.0. The second-order valence-corrected chi connectivity index (χ2v) is 18.0. The Morgan fingerprint density at radius 3 is 2.46 bits per heavy atom. The second kappa shape index (κ2) is 22.1. The number of carbonyl (C=O) groups excluding carboxylic acids is 6. The summed E-state index contributed by atoms with van der Waals surface area (Å²) in [6, 6.07) is 8.06. The van der Waals surface area contributed by atoms with Crippen LogP contribution in [0.3, 0.4) is 0 Å². The number of piperazine rings is 1. The first-order valence-corrected chi connectivity index (χ1v) is 23.5. The molecule has 0 aromatic heterocycles. The summed E-state index contributed by atoms with van der Waals surface area (Å²) in [5, 5.41) is 23.5. The van der Waals surface area contributed by atoms with E-state index in [0.29, 0.717) is 124 Å². The minimum atomic E-state index is -0.992. The second-order valence-electron chi connectivity index (χ2n) is 18.0. The van der Waals surface area contributed by atoms with E-state index in [2.05, 4.69) is 36.4 Å². The van der Waals surface area contributed by atoms with Gasteiger partial charge in [-0.25, -0.2) is 8.78 Å². The number of piperidine rings is 1. The lowest BCUT2D eigenvalue weighted by Crippen LogP contribution is -2.54. The molecule has 6 aliphatic rings. The number of anilines is 2. The lowest BCUT2D eigenvalue weighted by molar-refractivity contribution is -0.150. The fraction of sp³-hybridized carbons (Fsp3) is 0.449. The Hall–Kier alpha value is -6.77. The van der Waals surface area contributed by atoms with Crippen LogP contribution in [0.4, 0.5) is 20.2 Å². The largest absolute Gasteiger partial charge is 0.398 e. The molecule has 18 nitrogen and oxygen atoms in total. The quantitative estimate of drug-likeness (QED) is 0.0522. The van der Waals surface area contributed by atoms with Gasteiger partial charge in [0.15, 0.2) is 0 Å². The molecular weight excluding hydrogens is 895 g/mol. The molecule has 2 aromatic carbocycles. The Morgan fingerprint density at radius 2 is 1.71 bits per heavy atom. The number of nitrogens with zero attached hydrogens (tertiary/aromatic N) is 3. The maximum Gasteiger partial charge on any atom is 0.258 e. The SMILES string of the molecule is N=C(NC(=O)c1ccc(N2CCN(CC(=O)NCCOCCNC3=CCC4C(=O)N(C5CCC(=O)NC5=O)C(=O)C4=C3)CC2)cc1NC1CCOCC1)C1=C(N)C=CC(Cc2cc(F)cc(F)c2)C1. The number of amides is 6. The third-order valence-corrected chi connectivity index (χ3v) is 13.2. The molecular formula is C49H58F2N10O8. The Kier molecular flexibility index (Phi) is 15.6. The minimum absolute atomic E-state index is 0.0640. The fourth-order valence-electron chi connectivity index (χ4n) is 9.52. The van der Waals surface area contributed by atoms with Crippen molar-refractivity contribution in [1.29, 1.82) is 5.41 Å². The molecule has 6 amide bonds. The molecule has 4 heterocycles. The van der Waals surface area contributed by atoms with Crippen molar-refractivity contribution in [3.63, 3.8) is 0 Å². The number of ether oxygens (including phenoxy) is 2. The van der Waals surface area contributed by atoms with Gasteiger partial charge in [0, 0.05) is 105 Å². The Balaban J connectivity index is 0.763. The van der Waals surface area contributed by atoms with Crippen LogP contribution in [0, 0.1) is 28.9 Å². The van der Waals surface area contributed by atoms with Crippen molar-refractivity contribution in [2.24, 2.45) is 17.6 Å². The number of nitrogens with one attached hydrogen (secondary N) is 6. The predicted octanol–water partition coefficient (Wildman–Crippen LogP) is 2.14. The van der Waals surface area contributed by atoms with Gasteiger partial charge in [0.2, 0.25) is 23.6 Å². The van der Waals surface area contributed by atoms with Crippen molar-refractivity contribution in [1.82, 2.24) is 31.1 Å². The third kappa shape index (κ3) is 12.1. The highest BCUT2D eigenvalue weighted by Crippen LogP contribution is 2.36. The third-order valence-electron chi connectivity index (χ3n) is 13.2. The van der Waals surface area contributed by atoms with Gasteiger partial charge in [-0.3, -0.25) is 49.3 Å². The zero-order chi connectivity index (χ0) is 48.6. The van der Waals surface area contributed by atoms with Gasteiger partial charge in [-0.2, -0.15) is 0 Å². The predicted molar refractivity (Wildman–Crippen MR) is 250 cm³/mol. The molecule has 4 aliphatic heterocycles. The van der Waals surface area contributed by atoms with Gasteiger partial charge in [0.05, 0.1) is 31.2 Å². The summed E-state index contributed by atoms with van der Waals surface area (Å²) in [5.74, 6) is -4.90. The van der Waals surface area contributed by atoms with Crippen LogP contribution >= 0.6 is 0 Å². The van der Waals surface area contributed by atoms with E-state index in [4.69, 9.17) is 20.6 Å². The van der Waals surface area contributed by atoms with Crippen molar-refractivity contribution in [3.05, 3.63) is 106 Å². The van der Waals surface area contributed by atoms with E-state index in [1.165, 1.54) is 12.1 Å². The van der Waals surface area contributed by atoms with Crippen LogP contribution < -0.4 is 37.2 Å². The topological polar surface area (TPSA) is 241 Å². The molecule has 0 radical (unpaired) electrons. The molecule has 3 unspecified atom stereocenters. The molecule has 2 aliphatic carbocycles.